The average molecular weight is 318 g/mol. The van der Waals surface area contributed by atoms with Gasteiger partial charge in [0.1, 0.15) is 5.82 Å². The fourth-order valence-corrected chi connectivity index (χ4v) is 3.71. The van der Waals surface area contributed by atoms with Crippen LogP contribution in [0.15, 0.2) is 17.0 Å². The standard InChI is InChI=1S/C14H23FN2O3S/c1-4-17(6-7-20-5-2)21(18,19)14-9-12(10-16)8-13(15)11(14)3/h8-9H,4-7,10,16H2,1-3H3. The van der Waals surface area contributed by atoms with E-state index in [0.717, 1.165) is 0 Å². The molecule has 0 spiro atoms. The van der Waals surface area contributed by atoms with E-state index < -0.39 is 15.8 Å². The quantitative estimate of drug-likeness (QED) is 0.740. The van der Waals surface area contributed by atoms with Crippen LogP contribution >= 0.6 is 0 Å². The number of hydrogen-bond acceptors (Lipinski definition) is 4. The summed E-state index contributed by atoms with van der Waals surface area (Å²) in [5, 5.41) is 0. The Kier molecular flexibility index (Phi) is 6.73. The van der Waals surface area contributed by atoms with Crippen LogP contribution in [-0.2, 0) is 21.3 Å². The van der Waals surface area contributed by atoms with Crippen LogP contribution in [-0.4, -0.2) is 39.0 Å². The fourth-order valence-electron chi connectivity index (χ4n) is 1.99. The zero-order valence-electron chi connectivity index (χ0n) is 12.7. The van der Waals surface area contributed by atoms with Crippen molar-refractivity contribution < 1.29 is 17.5 Å². The van der Waals surface area contributed by atoms with Crippen LogP contribution in [0.2, 0.25) is 0 Å². The summed E-state index contributed by atoms with van der Waals surface area (Å²) in [4.78, 5) is -0.0266. The van der Waals surface area contributed by atoms with Gasteiger partial charge in [-0.15, -0.1) is 0 Å². The molecule has 0 atom stereocenters. The van der Waals surface area contributed by atoms with Crippen molar-refractivity contribution in [1.29, 1.82) is 0 Å². The largest absolute Gasteiger partial charge is 0.380 e. The Hall–Kier alpha value is -1.02. The highest BCUT2D eigenvalue weighted by Crippen LogP contribution is 2.23. The minimum atomic E-state index is -3.76. The zero-order chi connectivity index (χ0) is 16.0. The van der Waals surface area contributed by atoms with Gasteiger partial charge in [-0.1, -0.05) is 6.92 Å². The van der Waals surface area contributed by atoms with Crippen LogP contribution in [0, 0.1) is 12.7 Å². The van der Waals surface area contributed by atoms with E-state index in [9.17, 15) is 12.8 Å². The first-order valence-electron chi connectivity index (χ1n) is 6.95. The predicted molar refractivity (Wildman–Crippen MR) is 80.0 cm³/mol. The SMILES string of the molecule is CCOCCN(CC)S(=O)(=O)c1cc(CN)cc(F)c1C. The lowest BCUT2D eigenvalue weighted by atomic mass is 10.1. The number of likely N-dealkylation sites (N-methyl/N-ethyl adjacent to an activating group) is 1. The Bertz CT molecular complexity index is 576. The van der Waals surface area contributed by atoms with Crippen LogP contribution < -0.4 is 5.73 Å². The van der Waals surface area contributed by atoms with Crippen molar-refractivity contribution in [2.45, 2.75) is 32.2 Å². The number of nitrogens with zero attached hydrogens (tertiary/aromatic N) is 1. The van der Waals surface area contributed by atoms with Gasteiger partial charge < -0.3 is 10.5 Å². The van der Waals surface area contributed by atoms with Crippen LogP contribution in [0.4, 0.5) is 4.39 Å². The molecule has 0 amide bonds. The van der Waals surface area contributed by atoms with E-state index >= 15 is 0 Å². The Labute approximate surface area is 125 Å². The van der Waals surface area contributed by atoms with Crippen molar-refractivity contribution in [2.24, 2.45) is 5.73 Å². The maximum Gasteiger partial charge on any atom is 0.243 e. The second-order valence-corrected chi connectivity index (χ2v) is 6.50. The topological polar surface area (TPSA) is 72.6 Å². The Morgan fingerprint density at radius 2 is 2.00 bits per heavy atom. The van der Waals surface area contributed by atoms with E-state index in [1.165, 1.54) is 23.4 Å². The van der Waals surface area contributed by atoms with E-state index in [2.05, 4.69) is 0 Å². The summed E-state index contributed by atoms with van der Waals surface area (Å²) in [7, 11) is -3.76. The molecule has 0 heterocycles. The second kappa shape index (κ2) is 7.84. The van der Waals surface area contributed by atoms with Gasteiger partial charge in [-0.25, -0.2) is 12.8 Å². The Morgan fingerprint density at radius 3 is 2.52 bits per heavy atom. The van der Waals surface area contributed by atoms with Crippen molar-refractivity contribution in [3.63, 3.8) is 0 Å². The lowest BCUT2D eigenvalue weighted by Crippen LogP contribution is -2.34. The van der Waals surface area contributed by atoms with E-state index in [0.29, 0.717) is 25.3 Å². The Morgan fingerprint density at radius 1 is 1.33 bits per heavy atom. The minimum Gasteiger partial charge on any atom is -0.380 e. The zero-order valence-corrected chi connectivity index (χ0v) is 13.5. The fraction of sp³-hybridized carbons (Fsp3) is 0.571. The number of sulfonamides is 1. The van der Waals surface area contributed by atoms with Gasteiger partial charge in [0.15, 0.2) is 0 Å². The van der Waals surface area contributed by atoms with Gasteiger partial charge in [-0.05, 0) is 31.5 Å². The maximum absolute atomic E-state index is 13.9. The van der Waals surface area contributed by atoms with Crippen LogP contribution in [0.1, 0.15) is 25.0 Å². The summed E-state index contributed by atoms with van der Waals surface area (Å²) in [6.45, 7) is 6.49. The molecular weight excluding hydrogens is 295 g/mol. The van der Waals surface area contributed by atoms with Crippen LogP contribution in [0.3, 0.4) is 0 Å². The molecule has 1 rings (SSSR count). The van der Waals surface area contributed by atoms with Crippen molar-refractivity contribution in [1.82, 2.24) is 4.31 Å². The molecule has 0 saturated heterocycles. The second-order valence-electron chi connectivity index (χ2n) is 4.60. The summed E-state index contributed by atoms with van der Waals surface area (Å²) >= 11 is 0. The molecule has 0 bridgehead atoms. The summed E-state index contributed by atoms with van der Waals surface area (Å²) < 4.78 is 45.7. The highest BCUT2D eigenvalue weighted by Gasteiger charge is 2.26. The summed E-state index contributed by atoms with van der Waals surface area (Å²) in [6.07, 6.45) is 0. The van der Waals surface area contributed by atoms with Gasteiger partial charge in [-0.3, -0.25) is 0 Å². The number of halogens is 1. The molecule has 21 heavy (non-hydrogen) atoms. The lowest BCUT2D eigenvalue weighted by molar-refractivity contribution is 0.135. The van der Waals surface area contributed by atoms with Crippen molar-refractivity contribution >= 4 is 10.0 Å². The van der Waals surface area contributed by atoms with Crippen LogP contribution in [0.5, 0.6) is 0 Å². The molecule has 5 nitrogen and oxygen atoms in total. The molecule has 0 aliphatic rings. The van der Waals surface area contributed by atoms with E-state index in [4.69, 9.17) is 10.5 Å². The normalized spacial score (nSPS) is 12.1. The number of hydrogen-bond donors (Lipinski definition) is 1. The molecule has 0 saturated carbocycles. The van der Waals surface area contributed by atoms with Crippen molar-refractivity contribution in [2.75, 3.05) is 26.3 Å². The molecule has 0 aliphatic heterocycles. The van der Waals surface area contributed by atoms with Gasteiger partial charge in [0.2, 0.25) is 10.0 Å². The monoisotopic (exact) mass is 318 g/mol. The highest BCUT2D eigenvalue weighted by atomic mass is 32.2. The van der Waals surface area contributed by atoms with Gasteiger partial charge in [0.25, 0.3) is 0 Å². The van der Waals surface area contributed by atoms with Crippen LogP contribution in [0.25, 0.3) is 0 Å². The van der Waals surface area contributed by atoms with Gasteiger partial charge in [0.05, 0.1) is 11.5 Å². The Balaban J connectivity index is 3.19. The molecule has 0 aliphatic carbocycles. The van der Waals surface area contributed by atoms with Gasteiger partial charge in [0, 0.05) is 31.8 Å². The van der Waals surface area contributed by atoms with Crippen molar-refractivity contribution in [3.05, 3.63) is 29.1 Å². The van der Waals surface area contributed by atoms with E-state index in [1.54, 1.807) is 6.92 Å². The third-order valence-electron chi connectivity index (χ3n) is 3.25. The summed E-state index contributed by atoms with van der Waals surface area (Å²) in [5.41, 5.74) is 6.06. The van der Waals surface area contributed by atoms with E-state index in [-0.39, 0.29) is 23.5 Å². The maximum atomic E-state index is 13.9. The van der Waals surface area contributed by atoms with Crippen molar-refractivity contribution in [3.8, 4) is 0 Å². The lowest BCUT2D eigenvalue weighted by Gasteiger charge is -2.22. The smallest absolute Gasteiger partial charge is 0.243 e. The number of benzene rings is 1. The molecule has 2 N–H and O–H groups in total. The molecule has 1 aromatic rings. The first kappa shape index (κ1) is 18.0. The molecule has 0 unspecified atom stereocenters. The molecule has 0 fully saturated rings. The first-order chi connectivity index (χ1) is 9.88. The molecule has 7 heteroatoms. The molecular formula is C14H23FN2O3S. The van der Waals surface area contributed by atoms with Gasteiger partial charge in [-0.2, -0.15) is 4.31 Å². The number of nitrogens with two attached hydrogens (primary N) is 1. The van der Waals surface area contributed by atoms with E-state index in [1.807, 2.05) is 6.92 Å². The third-order valence-corrected chi connectivity index (χ3v) is 5.35. The van der Waals surface area contributed by atoms with Gasteiger partial charge >= 0.3 is 0 Å². The molecule has 120 valence electrons. The molecule has 0 aromatic heterocycles. The first-order valence-corrected chi connectivity index (χ1v) is 8.39. The minimum absolute atomic E-state index is 0.0266. The highest BCUT2D eigenvalue weighted by molar-refractivity contribution is 7.89. The molecule has 1 aromatic carbocycles. The average Bonchev–Trinajstić information content (AvgIpc) is 2.45. The summed E-state index contributed by atoms with van der Waals surface area (Å²) in [6, 6.07) is 2.71. The number of rotatable bonds is 8. The number of ether oxygens (including phenoxy) is 1. The third kappa shape index (κ3) is 4.23. The predicted octanol–water partition coefficient (Wildman–Crippen LogP) is 1.64. The molecule has 0 radical (unpaired) electrons. The summed E-state index contributed by atoms with van der Waals surface area (Å²) in [5.74, 6) is -0.558.